The zero-order valence-electron chi connectivity index (χ0n) is 15.6. The molecular weight excluding hydrogens is 398 g/mol. The molecule has 0 aliphatic rings. The number of benzene rings is 2. The molecule has 0 N–H and O–H groups in total. The summed E-state index contributed by atoms with van der Waals surface area (Å²) in [5.74, 6) is 1.12. The van der Waals surface area contributed by atoms with E-state index >= 15 is 0 Å². The summed E-state index contributed by atoms with van der Waals surface area (Å²) < 4.78 is 1.67. The van der Waals surface area contributed by atoms with Gasteiger partial charge in [-0.3, -0.25) is 4.98 Å². The molecule has 2 aromatic carbocycles. The van der Waals surface area contributed by atoms with Crippen LogP contribution in [0, 0.1) is 0 Å². The number of aromatic nitrogens is 7. The molecule has 0 unspecified atom stereocenters. The van der Waals surface area contributed by atoms with E-state index in [-0.39, 0.29) is 0 Å². The molecule has 7 nitrogen and oxygen atoms in total. The van der Waals surface area contributed by atoms with Crippen LogP contribution >= 0.6 is 11.6 Å². The molecule has 0 amide bonds. The van der Waals surface area contributed by atoms with Crippen molar-refractivity contribution >= 4 is 11.6 Å². The maximum absolute atomic E-state index is 6.26. The number of hydrogen-bond acceptors (Lipinski definition) is 6. The summed E-state index contributed by atoms with van der Waals surface area (Å²) in [7, 11) is 0. The van der Waals surface area contributed by atoms with Crippen LogP contribution in [0.2, 0.25) is 5.02 Å². The fraction of sp³-hybridized carbons (Fsp3) is 0. The van der Waals surface area contributed by atoms with Crippen molar-refractivity contribution in [2.75, 3.05) is 0 Å². The minimum absolute atomic E-state index is 0.539. The molecule has 5 aromatic rings. The van der Waals surface area contributed by atoms with E-state index in [9.17, 15) is 0 Å². The van der Waals surface area contributed by atoms with Crippen molar-refractivity contribution in [3.05, 3.63) is 90.3 Å². The Labute approximate surface area is 177 Å². The number of halogens is 1. The topological polar surface area (TPSA) is 82.3 Å². The Kier molecular flexibility index (Phi) is 4.71. The summed E-state index contributed by atoms with van der Waals surface area (Å²) in [6.45, 7) is 0. The van der Waals surface area contributed by atoms with Gasteiger partial charge in [-0.2, -0.15) is 4.68 Å². The van der Waals surface area contributed by atoms with Crippen LogP contribution in [-0.4, -0.2) is 35.2 Å². The highest BCUT2D eigenvalue weighted by Crippen LogP contribution is 2.32. The molecule has 5 rings (SSSR count). The average Bonchev–Trinajstić information content (AvgIpc) is 3.30. The number of hydrogen-bond donors (Lipinski definition) is 0. The Morgan fingerprint density at radius 2 is 1.67 bits per heavy atom. The molecule has 0 bridgehead atoms. The van der Waals surface area contributed by atoms with Gasteiger partial charge < -0.3 is 0 Å². The SMILES string of the molecule is Clc1cccc(-c2nc(-c3ccncc3)ncc2-c2nnnn2-c2ccccc2)c1. The van der Waals surface area contributed by atoms with Gasteiger partial charge in [0.25, 0.3) is 0 Å². The smallest absolute Gasteiger partial charge is 0.190 e. The Hall–Kier alpha value is -3.97. The summed E-state index contributed by atoms with van der Waals surface area (Å²) in [6, 6.07) is 20.9. The molecule has 0 spiro atoms. The third kappa shape index (κ3) is 3.42. The van der Waals surface area contributed by atoms with Gasteiger partial charge in [0.05, 0.1) is 16.9 Å². The van der Waals surface area contributed by atoms with E-state index < -0.39 is 0 Å². The van der Waals surface area contributed by atoms with Gasteiger partial charge in [-0.25, -0.2) is 9.97 Å². The first-order chi connectivity index (χ1) is 14.8. The van der Waals surface area contributed by atoms with Crippen LogP contribution in [0.1, 0.15) is 0 Å². The van der Waals surface area contributed by atoms with Gasteiger partial charge in [0.1, 0.15) is 0 Å². The predicted octanol–water partition coefficient (Wildman–Crippen LogP) is 4.50. The first-order valence-electron chi connectivity index (χ1n) is 9.17. The van der Waals surface area contributed by atoms with E-state index in [1.165, 1.54) is 0 Å². The molecule has 0 aliphatic carbocycles. The van der Waals surface area contributed by atoms with Crippen LogP contribution in [-0.2, 0) is 0 Å². The monoisotopic (exact) mass is 411 g/mol. The summed E-state index contributed by atoms with van der Waals surface area (Å²) in [6.07, 6.45) is 5.16. The van der Waals surface area contributed by atoms with Crippen molar-refractivity contribution in [1.29, 1.82) is 0 Å². The van der Waals surface area contributed by atoms with E-state index in [0.717, 1.165) is 16.8 Å². The van der Waals surface area contributed by atoms with Crippen LogP contribution in [0.5, 0.6) is 0 Å². The molecule has 8 heteroatoms. The fourth-order valence-electron chi connectivity index (χ4n) is 3.14. The van der Waals surface area contributed by atoms with Crippen molar-refractivity contribution in [3.63, 3.8) is 0 Å². The molecular formula is C22H14ClN7. The van der Waals surface area contributed by atoms with Crippen molar-refractivity contribution in [1.82, 2.24) is 35.2 Å². The van der Waals surface area contributed by atoms with Gasteiger partial charge in [-0.1, -0.05) is 41.9 Å². The summed E-state index contributed by atoms with van der Waals surface area (Å²) >= 11 is 6.26. The molecule has 0 aliphatic heterocycles. The lowest BCUT2D eigenvalue weighted by Gasteiger charge is -2.11. The molecule has 0 radical (unpaired) electrons. The molecule has 0 atom stereocenters. The van der Waals surface area contributed by atoms with Crippen molar-refractivity contribution in [2.45, 2.75) is 0 Å². The maximum atomic E-state index is 6.26. The number of tetrazole rings is 1. The van der Waals surface area contributed by atoms with E-state index in [1.807, 2.05) is 66.7 Å². The largest absolute Gasteiger partial charge is 0.265 e. The third-order valence-electron chi connectivity index (χ3n) is 4.54. The molecule has 3 aromatic heterocycles. The first kappa shape index (κ1) is 18.1. The molecule has 30 heavy (non-hydrogen) atoms. The average molecular weight is 412 g/mol. The Morgan fingerprint density at radius 3 is 2.47 bits per heavy atom. The van der Waals surface area contributed by atoms with Gasteiger partial charge in [0.15, 0.2) is 11.6 Å². The van der Waals surface area contributed by atoms with Crippen LogP contribution in [0.3, 0.4) is 0 Å². The van der Waals surface area contributed by atoms with Gasteiger partial charge in [0.2, 0.25) is 0 Å². The van der Waals surface area contributed by atoms with Crippen molar-refractivity contribution < 1.29 is 0 Å². The maximum Gasteiger partial charge on any atom is 0.190 e. The van der Waals surface area contributed by atoms with Crippen LogP contribution in [0.25, 0.3) is 39.7 Å². The molecule has 3 heterocycles. The normalized spacial score (nSPS) is 10.8. The third-order valence-corrected chi connectivity index (χ3v) is 4.77. The zero-order chi connectivity index (χ0) is 20.3. The minimum atomic E-state index is 0.539. The first-order valence-corrected chi connectivity index (χ1v) is 9.55. The van der Waals surface area contributed by atoms with E-state index in [4.69, 9.17) is 16.6 Å². The Morgan fingerprint density at radius 1 is 0.833 bits per heavy atom. The highest BCUT2D eigenvalue weighted by Gasteiger charge is 2.19. The summed E-state index contributed by atoms with van der Waals surface area (Å²) in [5, 5.41) is 12.9. The van der Waals surface area contributed by atoms with Crippen LogP contribution in [0.4, 0.5) is 0 Å². The van der Waals surface area contributed by atoms with Crippen molar-refractivity contribution in [2.24, 2.45) is 0 Å². The molecule has 0 saturated carbocycles. The lowest BCUT2D eigenvalue weighted by Crippen LogP contribution is -2.03. The number of rotatable bonds is 4. The fourth-order valence-corrected chi connectivity index (χ4v) is 3.33. The molecule has 144 valence electrons. The predicted molar refractivity (Wildman–Crippen MR) is 114 cm³/mol. The number of nitrogens with zero attached hydrogens (tertiary/aromatic N) is 7. The van der Waals surface area contributed by atoms with Crippen LogP contribution in [0.15, 0.2) is 85.3 Å². The van der Waals surface area contributed by atoms with Crippen LogP contribution < -0.4 is 0 Å². The van der Waals surface area contributed by atoms with E-state index in [0.29, 0.717) is 27.9 Å². The van der Waals surface area contributed by atoms with Gasteiger partial charge in [-0.15, -0.1) is 5.10 Å². The summed E-state index contributed by atoms with van der Waals surface area (Å²) in [5.41, 5.74) is 3.93. The summed E-state index contributed by atoms with van der Waals surface area (Å²) in [4.78, 5) is 13.5. The van der Waals surface area contributed by atoms with Gasteiger partial charge >= 0.3 is 0 Å². The quantitative estimate of drug-likeness (QED) is 0.433. The van der Waals surface area contributed by atoms with E-state index in [2.05, 4.69) is 25.5 Å². The van der Waals surface area contributed by atoms with Gasteiger partial charge in [-0.05, 0) is 46.8 Å². The van der Waals surface area contributed by atoms with E-state index in [1.54, 1.807) is 23.3 Å². The number of para-hydroxylation sites is 1. The van der Waals surface area contributed by atoms with Crippen molar-refractivity contribution in [3.8, 4) is 39.7 Å². The lowest BCUT2D eigenvalue weighted by molar-refractivity contribution is 0.791. The second-order valence-corrected chi connectivity index (χ2v) is 6.89. The lowest BCUT2D eigenvalue weighted by atomic mass is 10.1. The standard InChI is InChI=1S/C22H14ClN7/c23-17-6-4-5-16(13-17)20-19(14-25-21(26-20)15-9-11-24-12-10-15)22-27-28-29-30(22)18-7-2-1-3-8-18/h1-14H. The number of pyridine rings is 1. The Bertz CT molecular complexity index is 1300. The minimum Gasteiger partial charge on any atom is -0.265 e. The molecule has 0 fully saturated rings. The zero-order valence-corrected chi connectivity index (χ0v) is 16.3. The second-order valence-electron chi connectivity index (χ2n) is 6.45. The highest BCUT2D eigenvalue weighted by molar-refractivity contribution is 6.30. The molecule has 0 saturated heterocycles. The second kappa shape index (κ2) is 7.81. The van der Waals surface area contributed by atoms with Gasteiger partial charge in [0, 0.05) is 34.7 Å². The Balaban J connectivity index is 1.73. The highest BCUT2D eigenvalue weighted by atomic mass is 35.5.